The first-order chi connectivity index (χ1) is 7.01. The lowest BCUT2D eigenvalue weighted by Gasteiger charge is -2.30. The van der Waals surface area contributed by atoms with Crippen molar-refractivity contribution in [3.05, 3.63) is 5.82 Å². The summed E-state index contributed by atoms with van der Waals surface area (Å²) in [5.41, 5.74) is -1.06. The molecule has 1 aromatic heterocycles. The Morgan fingerprint density at radius 2 is 2.00 bits per heavy atom. The third kappa shape index (κ3) is 2.73. The van der Waals surface area contributed by atoms with Crippen molar-refractivity contribution in [3.63, 3.8) is 0 Å². The third-order valence-corrected chi connectivity index (χ3v) is 2.77. The quantitative estimate of drug-likeness (QED) is 0.701. The van der Waals surface area contributed by atoms with E-state index in [0.717, 1.165) is 0 Å². The molecular weight excluding hydrogens is 196 g/mol. The highest BCUT2D eigenvalue weighted by atomic mass is 16.3. The van der Waals surface area contributed by atoms with E-state index in [1.54, 1.807) is 7.05 Å². The van der Waals surface area contributed by atoms with Crippen LogP contribution in [0.2, 0.25) is 0 Å². The summed E-state index contributed by atoms with van der Waals surface area (Å²) in [5.74, 6) is 0.449. The highest BCUT2D eigenvalue weighted by molar-refractivity contribution is 4.91. The van der Waals surface area contributed by atoms with Crippen LogP contribution in [-0.2, 0) is 13.5 Å². The molecule has 0 radical (unpaired) electrons. The average molecular weight is 214 g/mol. The summed E-state index contributed by atoms with van der Waals surface area (Å²) in [5, 5.41) is 31.3. The molecule has 2 N–H and O–H groups in total. The maximum absolute atomic E-state index is 10.0. The molecule has 15 heavy (non-hydrogen) atoms. The predicted octanol–water partition coefficient (Wildman–Crippen LogP) is -0.335. The van der Waals surface area contributed by atoms with Gasteiger partial charge in [0.15, 0.2) is 5.82 Å². The normalized spacial score (nSPS) is 14.2. The number of aliphatic hydroxyl groups excluding tert-OH is 1. The van der Waals surface area contributed by atoms with Gasteiger partial charge in [-0.15, -0.1) is 10.2 Å². The first-order valence-electron chi connectivity index (χ1n) is 5.15. The van der Waals surface area contributed by atoms with Crippen LogP contribution in [-0.4, -0.2) is 42.1 Å². The lowest BCUT2D eigenvalue weighted by atomic mass is 9.89. The van der Waals surface area contributed by atoms with Gasteiger partial charge in [0.2, 0.25) is 0 Å². The Morgan fingerprint density at radius 3 is 2.40 bits per heavy atom. The van der Waals surface area contributed by atoms with Crippen molar-refractivity contribution in [1.82, 2.24) is 20.2 Å². The van der Waals surface area contributed by atoms with Gasteiger partial charge >= 0.3 is 0 Å². The molecular formula is C9H18N4O2. The van der Waals surface area contributed by atoms with Gasteiger partial charge in [-0.3, -0.25) is 0 Å². The standard InChI is InChI=1S/C9H18N4O2/c1-4-9(15,5-2)7(14)6-8-10-12-13(3)11-8/h7,14-15H,4-6H2,1-3H3. The SMILES string of the molecule is CCC(O)(CC)C(O)Cc1nnn(C)n1. The van der Waals surface area contributed by atoms with E-state index in [4.69, 9.17) is 0 Å². The van der Waals surface area contributed by atoms with E-state index < -0.39 is 11.7 Å². The molecule has 0 aliphatic rings. The van der Waals surface area contributed by atoms with Gasteiger partial charge in [0.25, 0.3) is 0 Å². The summed E-state index contributed by atoms with van der Waals surface area (Å²) in [6, 6.07) is 0. The Bertz CT molecular complexity index is 309. The molecule has 0 saturated heterocycles. The topological polar surface area (TPSA) is 84.1 Å². The number of aromatic nitrogens is 4. The molecule has 0 bridgehead atoms. The Hall–Kier alpha value is -1.01. The second kappa shape index (κ2) is 4.67. The van der Waals surface area contributed by atoms with E-state index >= 15 is 0 Å². The molecule has 6 heteroatoms. The van der Waals surface area contributed by atoms with Crippen LogP contribution in [0.1, 0.15) is 32.5 Å². The molecule has 86 valence electrons. The average Bonchev–Trinajstić information content (AvgIpc) is 2.62. The maximum atomic E-state index is 10.0. The second-order valence-electron chi connectivity index (χ2n) is 3.73. The van der Waals surface area contributed by atoms with E-state index in [9.17, 15) is 10.2 Å². The first kappa shape index (κ1) is 12.1. The van der Waals surface area contributed by atoms with E-state index in [-0.39, 0.29) is 6.42 Å². The Morgan fingerprint density at radius 1 is 1.40 bits per heavy atom. The maximum Gasteiger partial charge on any atom is 0.177 e. The van der Waals surface area contributed by atoms with Crippen molar-refractivity contribution in [2.24, 2.45) is 7.05 Å². The highest BCUT2D eigenvalue weighted by Crippen LogP contribution is 2.21. The Kier molecular flexibility index (Phi) is 3.76. The molecule has 1 unspecified atom stereocenters. The van der Waals surface area contributed by atoms with Crippen LogP contribution in [0.15, 0.2) is 0 Å². The Labute approximate surface area is 88.9 Å². The fourth-order valence-corrected chi connectivity index (χ4v) is 1.49. The minimum absolute atomic E-state index is 0.228. The summed E-state index contributed by atoms with van der Waals surface area (Å²) in [6.07, 6.45) is 0.388. The smallest absolute Gasteiger partial charge is 0.177 e. The van der Waals surface area contributed by atoms with Gasteiger partial charge in [-0.1, -0.05) is 13.8 Å². The van der Waals surface area contributed by atoms with Crippen LogP contribution in [0, 0.1) is 0 Å². The third-order valence-electron chi connectivity index (χ3n) is 2.77. The molecule has 0 aliphatic carbocycles. The number of hydrogen-bond donors (Lipinski definition) is 2. The van der Waals surface area contributed by atoms with Gasteiger partial charge in [0, 0.05) is 6.42 Å². The van der Waals surface area contributed by atoms with Crippen LogP contribution >= 0.6 is 0 Å². The lowest BCUT2D eigenvalue weighted by molar-refractivity contribution is -0.0797. The predicted molar refractivity (Wildman–Crippen MR) is 54.0 cm³/mol. The zero-order valence-electron chi connectivity index (χ0n) is 9.38. The summed E-state index contributed by atoms with van der Waals surface area (Å²) in [6.45, 7) is 3.69. The molecule has 1 aromatic rings. The monoisotopic (exact) mass is 214 g/mol. The molecule has 0 aromatic carbocycles. The second-order valence-corrected chi connectivity index (χ2v) is 3.73. The van der Waals surface area contributed by atoms with Crippen molar-refractivity contribution in [2.75, 3.05) is 0 Å². The van der Waals surface area contributed by atoms with Gasteiger partial charge in [-0.05, 0) is 18.1 Å². The minimum atomic E-state index is -1.06. The highest BCUT2D eigenvalue weighted by Gasteiger charge is 2.32. The zero-order valence-corrected chi connectivity index (χ0v) is 9.38. The molecule has 0 fully saturated rings. The Balaban J connectivity index is 2.65. The number of tetrazole rings is 1. The minimum Gasteiger partial charge on any atom is -0.390 e. The molecule has 0 amide bonds. The number of nitrogens with zero attached hydrogens (tertiary/aromatic N) is 4. The zero-order chi connectivity index (χ0) is 11.5. The summed E-state index contributed by atoms with van der Waals surface area (Å²) < 4.78 is 0. The summed E-state index contributed by atoms with van der Waals surface area (Å²) >= 11 is 0. The number of aliphatic hydroxyl groups is 2. The molecule has 6 nitrogen and oxygen atoms in total. The number of hydrogen-bond acceptors (Lipinski definition) is 5. The number of aryl methyl sites for hydroxylation is 1. The summed E-state index contributed by atoms with van der Waals surface area (Å²) in [7, 11) is 1.66. The molecule has 0 spiro atoms. The van der Waals surface area contributed by atoms with Gasteiger partial charge in [0.05, 0.1) is 18.8 Å². The van der Waals surface area contributed by atoms with Crippen LogP contribution in [0.25, 0.3) is 0 Å². The largest absolute Gasteiger partial charge is 0.390 e. The van der Waals surface area contributed by atoms with Crippen LogP contribution in [0.3, 0.4) is 0 Å². The fraction of sp³-hybridized carbons (Fsp3) is 0.889. The van der Waals surface area contributed by atoms with Crippen molar-refractivity contribution < 1.29 is 10.2 Å². The van der Waals surface area contributed by atoms with E-state index in [0.29, 0.717) is 18.7 Å². The van der Waals surface area contributed by atoms with Crippen LogP contribution in [0.5, 0.6) is 0 Å². The van der Waals surface area contributed by atoms with Crippen molar-refractivity contribution in [2.45, 2.75) is 44.8 Å². The van der Waals surface area contributed by atoms with E-state index in [2.05, 4.69) is 15.4 Å². The lowest BCUT2D eigenvalue weighted by Crippen LogP contribution is -2.42. The van der Waals surface area contributed by atoms with Crippen molar-refractivity contribution >= 4 is 0 Å². The summed E-state index contributed by atoms with van der Waals surface area (Å²) in [4.78, 5) is 1.33. The molecule has 0 saturated carbocycles. The fourth-order valence-electron chi connectivity index (χ4n) is 1.49. The molecule has 1 heterocycles. The van der Waals surface area contributed by atoms with Gasteiger partial charge < -0.3 is 10.2 Å². The molecule has 1 atom stereocenters. The first-order valence-corrected chi connectivity index (χ1v) is 5.15. The van der Waals surface area contributed by atoms with Crippen molar-refractivity contribution in [3.8, 4) is 0 Å². The molecule has 1 rings (SSSR count). The number of rotatable bonds is 5. The van der Waals surface area contributed by atoms with Gasteiger partial charge in [-0.25, -0.2) is 0 Å². The van der Waals surface area contributed by atoms with Crippen molar-refractivity contribution in [1.29, 1.82) is 0 Å². The molecule has 0 aliphatic heterocycles. The van der Waals surface area contributed by atoms with E-state index in [1.807, 2.05) is 13.8 Å². The van der Waals surface area contributed by atoms with E-state index in [1.165, 1.54) is 4.80 Å². The van der Waals surface area contributed by atoms with Gasteiger partial charge in [0.1, 0.15) is 0 Å². The van der Waals surface area contributed by atoms with Gasteiger partial charge in [-0.2, -0.15) is 4.80 Å². The van der Waals surface area contributed by atoms with Crippen LogP contribution < -0.4 is 0 Å². The van der Waals surface area contributed by atoms with Crippen LogP contribution in [0.4, 0.5) is 0 Å².